The van der Waals surface area contributed by atoms with E-state index in [4.69, 9.17) is 9.84 Å². The van der Waals surface area contributed by atoms with Gasteiger partial charge in [0, 0.05) is 29.9 Å². The molecule has 1 aliphatic heterocycles. The van der Waals surface area contributed by atoms with Crippen LogP contribution in [0.25, 0.3) is 10.1 Å². The number of carbonyl (C=O) groups excluding carboxylic acids is 1. The molecular weight excluding hydrogens is 424 g/mol. The van der Waals surface area contributed by atoms with Gasteiger partial charge in [-0.3, -0.25) is 4.79 Å². The van der Waals surface area contributed by atoms with Gasteiger partial charge < -0.3 is 15.2 Å². The van der Waals surface area contributed by atoms with E-state index in [0.717, 1.165) is 10.1 Å². The molecule has 3 aromatic rings. The number of aliphatic hydroxyl groups excluding tert-OH is 1. The number of morpholine rings is 1. The fraction of sp³-hybridized carbons (Fsp3) is 0.286. The Hall–Kier alpha value is -2.30. The Kier molecular flexibility index (Phi) is 6.16. The average molecular weight is 447 g/mol. The van der Waals surface area contributed by atoms with E-state index in [1.165, 1.54) is 15.6 Å². The molecule has 30 heavy (non-hydrogen) atoms. The monoisotopic (exact) mass is 446 g/mol. The van der Waals surface area contributed by atoms with Crippen molar-refractivity contribution in [2.45, 2.75) is 11.0 Å². The zero-order valence-corrected chi connectivity index (χ0v) is 17.8. The fourth-order valence-corrected chi connectivity index (χ4v) is 6.18. The van der Waals surface area contributed by atoms with Crippen LogP contribution in [-0.4, -0.2) is 56.6 Å². The molecule has 1 atom stereocenters. The van der Waals surface area contributed by atoms with Gasteiger partial charge >= 0.3 is 0 Å². The van der Waals surface area contributed by atoms with Gasteiger partial charge in [-0.25, -0.2) is 8.42 Å². The smallest absolute Gasteiger partial charge is 0.261 e. The predicted octanol–water partition coefficient (Wildman–Crippen LogP) is 2.39. The topological polar surface area (TPSA) is 95.9 Å². The van der Waals surface area contributed by atoms with E-state index in [1.807, 2.05) is 24.3 Å². The van der Waals surface area contributed by atoms with Crippen LogP contribution in [-0.2, 0) is 14.8 Å². The molecule has 4 rings (SSSR count). The standard InChI is InChI=1S/C21H22N2O5S2/c24-12-10-22-21(25)20-19(16-8-4-5-9-18(16)29-20)17-14-23(11-13-28-17)30(26,27)15-6-2-1-3-7-15/h1-9,17,24H,10-14H2,(H,22,25). The lowest BCUT2D eigenvalue weighted by molar-refractivity contribution is -0.00192. The summed E-state index contributed by atoms with van der Waals surface area (Å²) in [4.78, 5) is 13.5. The quantitative estimate of drug-likeness (QED) is 0.606. The summed E-state index contributed by atoms with van der Waals surface area (Å²) >= 11 is 1.34. The summed E-state index contributed by atoms with van der Waals surface area (Å²) in [6.07, 6.45) is -0.566. The van der Waals surface area contributed by atoms with Crippen LogP contribution in [0.1, 0.15) is 21.3 Å². The minimum Gasteiger partial charge on any atom is -0.395 e. The minimum absolute atomic E-state index is 0.123. The number of hydrogen-bond donors (Lipinski definition) is 2. The second-order valence-electron chi connectivity index (χ2n) is 6.86. The van der Waals surface area contributed by atoms with Crippen molar-refractivity contribution >= 4 is 37.4 Å². The number of fused-ring (bicyclic) bond motifs is 1. The van der Waals surface area contributed by atoms with E-state index >= 15 is 0 Å². The van der Waals surface area contributed by atoms with E-state index in [1.54, 1.807) is 30.3 Å². The number of hydrogen-bond acceptors (Lipinski definition) is 6. The molecule has 0 spiro atoms. The fourth-order valence-electron chi connectivity index (χ4n) is 3.56. The first kappa shape index (κ1) is 21.0. The van der Waals surface area contributed by atoms with Crippen LogP contribution in [0.15, 0.2) is 59.5 Å². The predicted molar refractivity (Wildman–Crippen MR) is 115 cm³/mol. The molecule has 2 heterocycles. The van der Waals surface area contributed by atoms with Crippen LogP contribution < -0.4 is 5.32 Å². The number of carbonyl (C=O) groups is 1. The van der Waals surface area contributed by atoms with E-state index in [0.29, 0.717) is 10.4 Å². The van der Waals surface area contributed by atoms with E-state index in [-0.39, 0.29) is 43.7 Å². The first-order valence-corrected chi connectivity index (χ1v) is 11.9. The third-order valence-corrected chi connectivity index (χ3v) is 8.03. The van der Waals surface area contributed by atoms with Gasteiger partial charge in [-0.2, -0.15) is 4.31 Å². The number of thiophene rings is 1. The molecule has 1 unspecified atom stereocenters. The number of rotatable bonds is 6. The van der Waals surface area contributed by atoms with Gasteiger partial charge in [0.25, 0.3) is 5.91 Å². The Bertz CT molecular complexity index is 1140. The van der Waals surface area contributed by atoms with Gasteiger partial charge in [0.2, 0.25) is 10.0 Å². The summed E-state index contributed by atoms with van der Waals surface area (Å²) in [7, 11) is -3.66. The molecule has 9 heteroatoms. The Balaban J connectivity index is 1.70. The zero-order valence-electron chi connectivity index (χ0n) is 16.2. The van der Waals surface area contributed by atoms with Gasteiger partial charge in [-0.05, 0) is 23.6 Å². The van der Waals surface area contributed by atoms with Crippen LogP contribution in [0.4, 0.5) is 0 Å². The van der Waals surface area contributed by atoms with Crippen molar-refractivity contribution in [3.8, 4) is 0 Å². The maximum Gasteiger partial charge on any atom is 0.261 e. The average Bonchev–Trinajstić information content (AvgIpc) is 3.18. The lowest BCUT2D eigenvalue weighted by Crippen LogP contribution is -2.42. The molecule has 0 aliphatic carbocycles. The third-order valence-electron chi connectivity index (χ3n) is 4.97. The minimum atomic E-state index is -3.66. The number of benzene rings is 2. The van der Waals surface area contributed by atoms with Crippen molar-refractivity contribution in [3.05, 3.63) is 65.0 Å². The highest BCUT2D eigenvalue weighted by atomic mass is 32.2. The number of sulfonamides is 1. The summed E-state index contributed by atoms with van der Waals surface area (Å²) < 4.78 is 34.5. The Labute approximate surface area is 178 Å². The summed E-state index contributed by atoms with van der Waals surface area (Å²) in [5, 5.41) is 12.6. The zero-order chi connectivity index (χ0) is 21.1. The first-order valence-electron chi connectivity index (χ1n) is 9.59. The highest BCUT2D eigenvalue weighted by Gasteiger charge is 2.34. The number of nitrogens with one attached hydrogen (secondary N) is 1. The van der Waals surface area contributed by atoms with Gasteiger partial charge in [0.1, 0.15) is 0 Å². The van der Waals surface area contributed by atoms with Crippen molar-refractivity contribution in [2.24, 2.45) is 0 Å². The molecule has 158 valence electrons. The molecule has 1 aliphatic rings. The summed E-state index contributed by atoms with van der Waals surface area (Å²) in [6.45, 7) is 0.597. The van der Waals surface area contributed by atoms with E-state index in [9.17, 15) is 13.2 Å². The van der Waals surface area contributed by atoms with Crippen molar-refractivity contribution in [1.29, 1.82) is 0 Å². The first-order chi connectivity index (χ1) is 14.5. The second-order valence-corrected chi connectivity index (χ2v) is 9.85. The summed E-state index contributed by atoms with van der Waals surface area (Å²) in [5.74, 6) is -0.299. The highest BCUT2D eigenvalue weighted by molar-refractivity contribution is 7.89. The highest BCUT2D eigenvalue weighted by Crippen LogP contribution is 2.39. The maximum atomic E-state index is 13.1. The summed E-state index contributed by atoms with van der Waals surface area (Å²) in [6, 6.07) is 15.9. The van der Waals surface area contributed by atoms with Crippen molar-refractivity contribution < 1.29 is 23.1 Å². The van der Waals surface area contributed by atoms with Gasteiger partial charge in [-0.1, -0.05) is 36.4 Å². The maximum absolute atomic E-state index is 13.1. The Morgan fingerprint density at radius 3 is 2.67 bits per heavy atom. The van der Waals surface area contributed by atoms with Crippen LogP contribution in [0.3, 0.4) is 0 Å². The molecule has 2 N–H and O–H groups in total. The molecule has 1 saturated heterocycles. The van der Waals surface area contributed by atoms with Gasteiger partial charge in [0.05, 0.1) is 29.1 Å². The van der Waals surface area contributed by atoms with Crippen LogP contribution in [0.5, 0.6) is 0 Å². The Morgan fingerprint density at radius 2 is 1.90 bits per heavy atom. The number of ether oxygens (including phenoxy) is 1. The number of aliphatic hydroxyl groups is 1. The van der Waals surface area contributed by atoms with Gasteiger partial charge in [-0.15, -0.1) is 11.3 Å². The van der Waals surface area contributed by atoms with Crippen LogP contribution >= 0.6 is 11.3 Å². The lowest BCUT2D eigenvalue weighted by Gasteiger charge is -2.32. The SMILES string of the molecule is O=C(NCCO)c1sc2ccccc2c1C1CN(S(=O)(=O)c2ccccc2)CCO1. The summed E-state index contributed by atoms with van der Waals surface area (Å²) in [5.41, 5.74) is 0.694. The normalized spacial score (nSPS) is 17.8. The van der Waals surface area contributed by atoms with Crippen molar-refractivity contribution in [3.63, 3.8) is 0 Å². The second kappa shape index (κ2) is 8.83. The number of nitrogens with zero attached hydrogens (tertiary/aromatic N) is 1. The number of amides is 1. The molecular formula is C21H22N2O5S2. The van der Waals surface area contributed by atoms with Gasteiger partial charge in [0.15, 0.2) is 0 Å². The molecule has 1 amide bonds. The molecule has 1 aromatic heterocycles. The molecule has 0 radical (unpaired) electrons. The lowest BCUT2D eigenvalue weighted by atomic mass is 10.0. The van der Waals surface area contributed by atoms with Crippen molar-refractivity contribution in [2.75, 3.05) is 32.8 Å². The van der Waals surface area contributed by atoms with Crippen LogP contribution in [0.2, 0.25) is 0 Å². The Morgan fingerprint density at radius 1 is 1.17 bits per heavy atom. The molecule has 1 fully saturated rings. The molecule has 2 aromatic carbocycles. The molecule has 0 saturated carbocycles. The van der Waals surface area contributed by atoms with E-state index in [2.05, 4.69) is 5.32 Å². The molecule has 0 bridgehead atoms. The van der Waals surface area contributed by atoms with Crippen molar-refractivity contribution in [1.82, 2.24) is 9.62 Å². The van der Waals surface area contributed by atoms with Crippen LogP contribution in [0, 0.1) is 0 Å². The molecule has 7 nitrogen and oxygen atoms in total. The third kappa shape index (κ3) is 3.99. The van der Waals surface area contributed by atoms with E-state index < -0.39 is 16.1 Å². The largest absolute Gasteiger partial charge is 0.395 e.